The Kier molecular flexibility index (Phi) is 5.26. The molecule has 0 fully saturated rings. The molecule has 0 spiro atoms. The maximum Gasteiger partial charge on any atom is 0.191 e. The lowest BCUT2D eigenvalue weighted by atomic mass is 10.4. The zero-order valence-corrected chi connectivity index (χ0v) is 13.7. The summed E-state index contributed by atoms with van der Waals surface area (Å²) in [6.45, 7) is 5.53. The first-order valence-electron chi connectivity index (χ1n) is 6.80. The molecule has 7 nitrogen and oxygen atoms in total. The smallest absolute Gasteiger partial charge is 0.191 e. The Morgan fingerprint density at radius 2 is 2.19 bits per heavy atom. The fourth-order valence-corrected chi connectivity index (χ4v) is 2.72. The highest BCUT2D eigenvalue weighted by Gasteiger charge is 2.05. The topological polar surface area (TPSA) is 80.0 Å². The number of aromatic nitrogens is 4. The van der Waals surface area contributed by atoms with Gasteiger partial charge < -0.3 is 15.2 Å². The van der Waals surface area contributed by atoms with Crippen molar-refractivity contribution < 1.29 is 0 Å². The number of nitrogens with one attached hydrogen (secondary N) is 2. The molecule has 2 heterocycles. The molecule has 2 aromatic heterocycles. The van der Waals surface area contributed by atoms with E-state index >= 15 is 0 Å². The molecule has 0 aliphatic carbocycles. The molecular weight excluding hydrogens is 286 g/mol. The lowest BCUT2D eigenvalue weighted by molar-refractivity contribution is 0.723. The van der Waals surface area contributed by atoms with Crippen molar-refractivity contribution >= 4 is 17.3 Å². The van der Waals surface area contributed by atoms with E-state index in [9.17, 15) is 0 Å². The number of rotatable bonds is 5. The van der Waals surface area contributed by atoms with Crippen LogP contribution >= 0.6 is 11.3 Å². The molecule has 0 saturated carbocycles. The third-order valence-corrected chi connectivity index (χ3v) is 4.28. The maximum absolute atomic E-state index is 4.53. The molecule has 0 aromatic carbocycles. The predicted octanol–water partition coefficient (Wildman–Crippen LogP) is 0.796. The van der Waals surface area contributed by atoms with E-state index in [2.05, 4.69) is 37.7 Å². The Balaban J connectivity index is 1.76. The van der Waals surface area contributed by atoms with Gasteiger partial charge in [-0.05, 0) is 13.8 Å². The lowest BCUT2D eigenvalue weighted by Crippen LogP contribution is -2.38. The van der Waals surface area contributed by atoms with Crippen LogP contribution in [0.15, 0.2) is 11.3 Å². The zero-order chi connectivity index (χ0) is 15.2. The van der Waals surface area contributed by atoms with E-state index in [4.69, 9.17) is 0 Å². The van der Waals surface area contributed by atoms with Crippen LogP contribution in [0, 0.1) is 13.8 Å². The van der Waals surface area contributed by atoms with Gasteiger partial charge in [0.2, 0.25) is 0 Å². The largest absolute Gasteiger partial charge is 0.356 e. The number of nitrogens with zero attached hydrogens (tertiary/aromatic N) is 5. The van der Waals surface area contributed by atoms with Crippen LogP contribution in [-0.4, -0.2) is 39.3 Å². The molecular formula is C13H21N7S. The third-order valence-electron chi connectivity index (χ3n) is 3.15. The van der Waals surface area contributed by atoms with Gasteiger partial charge in [0.15, 0.2) is 11.8 Å². The molecule has 8 heteroatoms. The van der Waals surface area contributed by atoms with Crippen molar-refractivity contribution in [1.82, 2.24) is 30.4 Å². The van der Waals surface area contributed by atoms with Crippen molar-refractivity contribution in [3.8, 4) is 0 Å². The number of aryl methyl sites for hydroxylation is 3. The summed E-state index contributed by atoms with van der Waals surface area (Å²) < 4.78 is 1.88. The van der Waals surface area contributed by atoms with Gasteiger partial charge in [0, 0.05) is 31.9 Å². The first-order valence-corrected chi connectivity index (χ1v) is 7.62. The molecule has 2 aromatic rings. The van der Waals surface area contributed by atoms with Crippen LogP contribution in [0.5, 0.6) is 0 Å². The van der Waals surface area contributed by atoms with Crippen molar-refractivity contribution in [3.63, 3.8) is 0 Å². The summed E-state index contributed by atoms with van der Waals surface area (Å²) in [5.41, 5.74) is 1.12. The number of hydrogen-bond acceptors (Lipinski definition) is 5. The second kappa shape index (κ2) is 7.16. The highest BCUT2D eigenvalue weighted by molar-refractivity contribution is 7.11. The summed E-state index contributed by atoms with van der Waals surface area (Å²) in [5, 5.41) is 15.5. The molecule has 0 bridgehead atoms. The molecule has 2 rings (SSSR count). The number of aliphatic imine (C=N–C) groups is 1. The van der Waals surface area contributed by atoms with E-state index in [0.29, 0.717) is 6.54 Å². The van der Waals surface area contributed by atoms with Crippen LogP contribution < -0.4 is 10.6 Å². The van der Waals surface area contributed by atoms with E-state index in [-0.39, 0.29) is 0 Å². The fourth-order valence-electron chi connectivity index (χ4n) is 1.78. The SMILES string of the molecule is CN=C(NCCc1nc(C)c(C)s1)NCc1nncn1C. The molecule has 114 valence electrons. The molecule has 0 amide bonds. The lowest BCUT2D eigenvalue weighted by Gasteiger charge is -2.10. The van der Waals surface area contributed by atoms with Crippen LogP contribution in [0.25, 0.3) is 0 Å². The first-order chi connectivity index (χ1) is 10.1. The third kappa shape index (κ3) is 4.25. The van der Waals surface area contributed by atoms with Gasteiger partial charge in [-0.1, -0.05) is 0 Å². The van der Waals surface area contributed by atoms with Crippen molar-refractivity contribution in [1.29, 1.82) is 0 Å². The summed E-state index contributed by atoms with van der Waals surface area (Å²) in [6, 6.07) is 0. The van der Waals surface area contributed by atoms with Crippen molar-refractivity contribution in [2.24, 2.45) is 12.0 Å². The van der Waals surface area contributed by atoms with Gasteiger partial charge in [-0.2, -0.15) is 0 Å². The molecule has 0 aliphatic rings. The number of hydrogen-bond donors (Lipinski definition) is 2. The van der Waals surface area contributed by atoms with Crippen LogP contribution in [0.1, 0.15) is 21.4 Å². The van der Waals surface area contributed by atoms with Crippen LogP contribution in [0.4, 0.5) is 0 Å². The average molecular weight is 307 g/mol. The highest BCUT2D eigenvalue weighted by Crippen LogP contribution is 2.16. The standard InChI is InChI=1S/C13H21N7S/c1-9-10(2)21-12(18-9)5-6-15-13(14-3)16-7-11-19-17-8-20(11)4/h8H,5-7H2,1-4H3,(H2,14,15,16). The van der Waals surface area contributed by atoms with Gasteiger partial charge >= 0.3 is 0 Å². The Hall–Kier alpha value is -1.96. The average Bonchev–Trinajstić information content (AvgIpc) is 3.00. The summed E-state index contributed by atoms with van der Waals surface area (Å²) in [5.74, 6) is 1.62. The Labute approximate surface area is 128 Å². The minimum absolute atomic E-state index is 0.589. The van der Waals surface area contributed by atoms with Crippen LogP contribution in [0.3, 0.4) is 0 Å². The van der Waals surface area contributed by atoms with Crippen molar-refractivity contribution in [3.05, 3.63) is 27.7 Å². The molecule has 0 saturated heterocycles. The van der Waals surface area contributed by atoms with Gasteiger partial charge in [-0.25, -0.2) is 4.98 Å². The summed E-state index contributed by atoms with van der Waals surface area (Å²) in [7, 11) is 3.67. The summed E-state index contributed by atoms with van der Waals surface area (Å²) >= 11 is 1.75. The monoisotopic (exact) mass is 307 g/mol. The predicted molar refractivity (Wildman–Crippen MR) is 84.5 cm³/mol. The number of thiazole rings is 1. The van der Waals surface area contributed by atoms with E-state index < -0.39 is 0 Å². The minimum Gasteiger partial charge on any atom is -0.356 e. The molecule has 0 radical (unpaired) electrons. The molecule has 0 aliphatic heterocycles. The van der Waals surface area contributed by atoms with Crippen molar-refractivity contribution in [2.75, 3.05) is 13.6 Å². The molecule has 21 heavy (non-hydrogen) atoms. The maximum atomic E-state index is 4.53. The van der Waals surface area contributed by atoms with E-state index in [1.54, 1.807) is 24.7 Å². The number of guanidine groups is 1. The fraction of sp³-hybridized carbons (Fsp3) is 0.538. The van der Waals surface area contributed by atoms with Gasteiger partial charge in [0.25, 0.3) is 0 Å². The Morgan fingerprint density at radius 1 is 1.38 bits per heavy atom. The van der Waals surface area contributed by atoms with Crippen molar-refractivity contribution in [2.45, 2.75) is 26.8 Å². The Morgan fingerprint density at radius 3 is 2.76 bits per heavy atom. The molecule has 0 unspecified atom stereocenters. The van der Waals surface area contributed by atoms with Gasteiger partial charge in [0.05, 0.1) is 17.2 Å². The van der Waals surface area contributed by atoms with E-state index in [1.165, 1.54) is 4.88 Å². The zero-order valence-electron chi connectivity index (χ0n) is 12.8. The Bertz CT molecular complexity index is 594. The van der Waals surface area contributed by atoms with Crippen LogP contribution in [-0.2, 0) is 20.0 Å². The second-order valence-electron chi connectivity index (χ2n) is 4.71. The van der Waals surface area contributed by atoms with E-state index in [1.807, 2.05) is 18.5 Å². The molecule has 2 N–H and O–H groups in total. The normalized spacial score (nSPS) is 11.7. The quantitative estimate of drug-likeness (QED) is 0.631. The highest BCUT2D eigenvalue weighted by atomic mass is 32.1. The van der Waals surface area contributed by atoms with Crippen LogP contribution in [0.2, 0.25) is 0 Å². The second-order valence-corrected chi connectivity index (χ2v) is 6.00. The van der Waals surface area contributed by atoms with Gasteiger partial charge in [-0.3, -0.25) is 4.99 Å². The van der Waals surface area contributed by atoms with E-state index in [0.717, 1.165) is 35.5 Å². The summed E-state index contributed by atoms with van der Waals surface area (Å²) in [4.78, 5) is 10.0. The minimum atomic E-state index is 0.589. The first kappa shape index (κ1) is 15.4. The van der Waals surface area contributed by atoms with Gasteiger partial charge in [0.1, 0.15) is 6.33 Å². The van der Waals surface area contributed by atoms with Gasteiger partial charge in [-0.15, -0.1) is 21.5 Å². The molecule has 0 atom stereocenters. The summed E-state index contributed by atoms with van der Waals surface area (Å²) in [6.07, 6.45) is 2.57.